The molecule has 2 aromatic heterocycles. The number of carboxylic acid groups (broad SMARTS) is 1. The van der Waals surface area contributed by atoms with Crippen LogP contribution in [0.5, 0.6) is 0 Å². The van der Waals surface area contributed by atoms with Crippen molar-refractivity contribution in [3.63, 3.8) is 0 Å². The Labute approximate surface area is 172 Å². The van der Waals surface area contributed by atoms with Gasteiger partial charge >= 0.3 is 11.7 Å². The van der Waals surface area contributed by atoms with E-state index in [1.807, 2.05) is 43.4 Å². The second kappa shape index (κ2) is 7.12. The normalized spacial score (nSPS) is 11.6. The van der Waals surface area contributed by atoms with E-state index in [1.165, 1.54) is 10.1 Å². The van der Waals surface area contributed by atoms with Crippen LogP contribution in [0.25, 0.3) is 21.9 Å². The van der Waals surface area contributed by atoms with Crippen LogP contribution in [-0.2, 0) is 24.9 Å². The second-order valence-electron chi connectivity index (χ2n) is 7.34. The van der Waals surface area contributed by atoms with Gasteiger partial charge in [0.25, 0.3) is 0 Å². The van der Waals surface area contributed by atoms with Crippen LogP contribution in [0.3, 0.4) is 0 Å². The number of para-hydroxylation sites is 2. The first-order chi connectivity index (χ1) is 13.8. The molecular formula is C22H22ClN3O3. The van der Waals surface area contributed by atoms with Crippen molar-refractivity contribution in [2.75, 3.05) is 0 Å². The fourth-order valence-corrected chi connectivity index (χ4v) is 4.28. The van der Waals surface area contributed by atoms with Crippen molar-refractivity contribution in [1.29, 1.82) is 0 Å². The number of hydrogen-bond acceptors (Lipinski definition) is 2. The maximum absolute atomic E-state index is 13.2. The van der Waals surface area contributed by atoms with Crippen LogP contribution in [0.1, 0.15) is 23.2 Å². The third kappa shape index (κ3) is 3.04. The third-order valence-electron chi connectivity index (χ3n) is 5.80. The molecule has 0 aliphatic heterocycles. The second-order valence-corrected chi connectivity index (χ2v) is 7.75. The molecule has 29 heavy (non-hydrogen) atoms. The van der Waals surface area contributed by atoms with E-state index in [9.17, 15) is 9.59 Å². The number of aromatic nitrogens is 3. The molecule has 0 unspecified atom stereocenters. The van der Waals surface area contributed by atoms with Gasteiger partial charge in [-0.25, -0.2) is 4.79 Å². The molecule has 4 aromatic rings. The summed E-state index contributed by atoms with van der Waals surface area (Å²) in [5.74, 6) is -0.934. The number of halogens is 1. The third-order valence-corrected chi connectivity index (χ3v) is 6.16. The van der Waals surface area contributed by atoms with Gasteiger partial charge in [0, 0.05) is 35.3 Å². The highest BCUT2D eigenvalue weighted by molar-refractivity contribution is 6.32. The van der Waals surface area contributed by atoms with Gasteiger partial charge in [-0.2, -0.15) is 0 Å². The van der Waals surface area contributed by atoms with E-state index < -0.39 is 5.97 Å². The molecule has 2 heterocycles. The first-order valence-electron chi connectivity index (χ1n) is 9.44. The number of hydrogen-bond donors (Lipinski definition) is 1. The topological polar surface area (TPSA) is 69.2 Å². The number of aryl methyl sites for hydroxylation is 3. The van der Waals surface area contributed by atoms with Gasteiger partial charge < -0.3 is 9.67 Å². The van der Waals surface area contributed by atoms with Crippen molar-refractivity contribution >= 4 is 39.5 Å². The molecule has 0 radical (unpaired) electrons. The minimum Gasteiger partial charge on any atom is -0.481 e. The number of nitrogens with zero attached hydrogens (tertiary/aromatic N) is 3. The van der Waals surface area contributed by atoms with Crippen molar-refractivity contribution in [3.8, 4) is 0 Å². The fraction of sp³-hybridized carbons (Fsp3) is 0.273. The van der Waals surface area contributed by atoms with E-state index in [-0.39, 0.29) is 18.7 Å². The molecule has 0 bridgehead atoms. The average molecular weight is 412 g/mol. The Bertz CT molecular complexity index is 1330. The number of benzene rings is 2. The molecule has 150 valence electrons. The minimum absolute atomic E-state index is 0.111. The number of imidazole rings is 1. The Morgan fingerprint density at radius 1 is 1.07 bits per heavy atom. The number of fused-ring (bicyclic) bond motifs is 2. The van der Waals surface area contributed by atoms with E-state index in [1.54, 1.807) is 4.57 Å². The molecule has 0 aliphatic rings. The lowest BCUT2D eigenvalue weighted by atomic mass is 10.1. The average Bonchev–Trinajstić information content (AvgIpc) is 3.08. The predicted molar refractivity (Wildman–Crippen MR) is 115 cm³/mol. The molecule has 0 saturated heterocycles. The van der Waals surface area contributed by atoms with Gasteiger partial charge in [0.15, 0.2) is 0 Å². The van der Waals surface area contributed by atoms with Gasteiger partial charge in [0.2, 0.25) is 0 Å². The van der Waals surface area contributed by atoms with Crippen LogP contribution in [0.15, 0.2) is 41.2 Å². The molecule has 1 N–H and O–H groups in total. The van der Waals surface area contributed by atoms with E-state index in [0.717, 1.165) is 33.2 Å². The minimum atomic E-state index is -0.934. The molecule has 0 spiro atoms. The maximum atomic E-state index is 13.2. The summed E-state index contributed by atoms with van der Waals surface area (Å²) in [6.45, 7) is 4.59. The molecule has 0 aliphatic carbocycles. The Kier molecular flexibility index (Phi) is 4.74. The first-order valence-corrected chi connectivity index (χ1v) is 9.82. The van der Waals surface area contributed by atoms with Crippen LogP contribution in [0.2, 0.25) is 5.02 Å². The van der Waals surface area contributed by atoms with Gasteiger partial charge in [0.1, 0.15) is 0 Å². The van der Waals surface area contributed by atoms with E-state index in [2.05, 4.69) is 18.4 Å². The highest BCUT2D eigenvalue weighted by Crippen LogP contribution is 2.32. The quantitative estimate of drug-likeness (QED) is 0.537. The number of aliphatic carboxylic acids is 1. The number of carboxylic acids is 1. The van der Waals surface area contributed by atoms with Crippen molar-refractivity contribution in [2.45, 2.75) is 33.4 Å². The number of rotatable bonds is 5. The van der Waals surface area contributed by atoms with Crippen LogP contribution < -0.4 is 5.69 Å². The zero-order valence-electron chi connectivity index (χ0n) is 16.6. The Hall–Kier alpha value is -2.99. The number of carbonyl (C=O) groups is 1. The lowest BCUT2D eigenvalue weighted by Gasteiger charge is -2.11. The lowest BCUT2D eigenvalue weighted by molar-refractivity contribution is -0.137. The molecule has 0 amide bonds. The molecule has 6 nitrogen and oxygen atoms in total. The fourth-order valence-electron chi connectivity index (χ4n) is 4.07. The van der Waals surface area contributed by atoms with Gasteiger partial charge in [-0.1, -0.05) is 29.8 Å². The Morgan fingerprint density at radius 2 is 1.72 bits per heavy atom. The molecule has 4 rings (SSSR count). The summed E-state index contributed by atoms with van der Waals surface area (Å²) < 4.78 is 5.31. The summed E-state index contributed by atoms with van der Waals surface area (Å²) >= 11 is 6.59. The Morgan fingerprint density at radius 3 is 2.38 bits per heavy atom. The largest absolute Gasteiger partial charge is 0.481 e. The van der Waals surface area contributed by atoms with Crippen LogP contribution in [-0.4, -0.2) is 24.8 Å². The first kappa shape index (κ1) is 19.3. The highest BCUT2D eigenvalue weighted by Gasteiger charge is 2.19. The van der Waals surface area contributed by atoms with Crippen molar-refractivity contribution in [2.24, 2.45) is 7.05 Å². The zero-order valence-corrected chi connectivity index (χ0v) is 17.3. The van der Waals surface area contributed by atoms with Gasteiger partial charge in [0.05, 0.1) is 29.5 Å². The monoisotopic (exact) mass is 411 g/mol. The van der Waals surface area contributed by atoms with E-state index >= 15 is 0 Å². The summed E-state index contributed by atoms with van der Waals surface area (Å²) in [4.78, 5) is 24.2. The highest BCUT2D eigenvalue weighted by atomic mass is 35.5. The van der Waals surface area contributed by atoms with E-state index in [4.69, 9.17) is 16.7 Å². The van der Waals surface area contributed by atoms with E-state index in [0.29, 0.717) is 11.6 Å². The van der Waals surface area contributed by atoms with Gasteiger partial charge in [-0.15, -0.1) is 0 Å². The summed E-state index contributed by atoms with van der Waals surface area (Å²) in [7, 11) is 2.00. The summed E-state index contributed by atoms with van der Waals surface area (Å²) in [5.41, 5.74) is 5.49. The summed E-state index contributed by atoms with van der Waals surface area (Å²) in [6, 6.07) is 11.3. The summed E-state index contributed by atoms with van der Waals surface area (Å²) in [5, 5.41) is 10.8. The van der Waals surface area contributed by atoms with Crippen LogP contribution >= 0.6 is 11.6 Å². The van der Waals surface area contributed by atoms with Gasteiger partial charge in [-0.3, -0.25) is 13.9 Å². The van der Waals surface area contributed by atoms with Gasteiger partial charge in [-0.05, 0) is 37.6 Å². The Balaban J connectivity index is 1.93. The zero-order chi connectivity index (χ0) is 20.9. The molecule has 0 fully saturated rings. The molecule has 7 heteroatoms. The van der Waals surface area contributed by atoms with Crippen LogP contribution in [0, 0.1) is 13.8 Å². The van der Waals surface area contributed by atoms with Crippen molar-refractivity contribution < 1.29 is 9.90 Å². The molecule has 2 aromatic carbocycles. The summed E-state index contributed by atoms with van der Waals surface area (Å²) in [6.07, 6.45) is -0.111. The van der Waals surface area contributed by atoms with Crippen LogP contribution in [0.4, 0.5) is 0 Å². The smallest absolute Gasteiger partial charge is 0.329 e. The van der Waals surface area contributed by atoms with Crippen molar-refractivity contribution in [1.82, 2.24) is 13.7 Å². The SMILES string of the molecule is Cc1c(C)n(C)c2c(Cn3c(=O)n(CCC(=O)O)c4ccccc43)c(Cl)ccc12. The van der Waals surface area contributed by atoms with Crippen molar-refractivity contribution in [3.05, 3.63) is 68.7 Å². The lowest BCUT2D eigenvalue weighted by Crippen LogP contribution is -2.26. The molecule has 0 atom stereocenters. The standard InChI is InChI=1S/C22H22ClN3O3/c1-13-14(2)24(3)21-15(13)8-9-17(23)16(21)12-26-19-7-5-4-6-18(19)25(22(26)29)11-10-20(27)28/h4-9H,10-12H2,1-3H3,(H,27,28). The predicted octanol–water partition coefficient (Wildman–Crippen LogP) is 4.09. The molecular weight excluding hydrogens is 390 g/mol. The molecule has 0 saturated carbocycles. The maximum Gasteiger partial charge on any atom is 0.329 e.